The summed E-state index contributed by atoms with van der Waals surface area (Å²) in [5.41, 5.74) is 1.43. The van der Waals surface area contributed by atoms with Crippen molar-refractivity contribution in [1.29, 1.82) is 10.5 Å². The SMILES string of the molecule is CCCNc1ccc(C(=O)N(CC#N)CC#N)cc1. The highest BCUT2D eigenvalue weighted by Gasteiger charge is 2.14. The number of carbonyl (C=O) groups excluding carboxylic acids is 1. The molecule has 0 aliphatic heterocycles. The average Bonchev–Trinajstić information content (AvgIpc) is 2.44. The summed E-state index contributed by atoms with van der Waals surface area (Å²) in [7, 11) is 0. The molecule has 5 nitrogen and oxygen atoms in total. The highest BCUT2D eigenvalue weighted by atomic mass is 16.2. The molecule has 0 bridgehead atoms. The molecule has 0 saturated heterocycles. The Kier molecular flexibility index (Phi) is 5.91. The molecule has 5 heteroatoms. The summed E-state index contributed by atoms with van der Waals surface area (Å²) >= 11 is 0. The van der Waals surface area contributed by atoms with E-state index in [2.05, 4.69) is 12.2 Å². The van der Waals surface area contributed by atoms with Gasteiger partial charge in [-0.25, -0.2) is 0 Å². The smallest absolute Gasteiger partial charge is 0.255 e. The van der Waals surface area contributed by atoms with Crippen molar-refractivity contribution >= 4 is 11.6 Å². The van der Waals surface area contributed by atoms with Gasteiger partial charge < -0.3 is 10.2 Å². The maximum atomic E-state index is 12.1. The molecule has 1 rings (SSSR count). The second-order valence-electron chi connectivity index (χ2n) is 3.98. The zero-order valence-electron chi connectivity index (χ0n) is 10.9. The third kappa shape index (κ3) is 4.33. The van der Waals surface area contributed by atoms with Gasteiger partial charge in [0, 0.05) is 17.8 Å². The van der Waals surface area contributed by atoms with Crippen molar-refractivity contribution in [2.24, 2.45) is 0 Å². The Morgan fingerprint density at radius 2 is 1.79 bits per heavy atom. The Morgan fingerprint density at radius 3 is 2.26 bits per heavy atom. The second-order valence-corrected chi connectivity index (χ2v) is 3.98. The zero-order valence-corrected chi connectivity index (χ0v) is 10.9. The van der Waals surface area contributed by atoms with Crippen LogP contribution in [0.5, 0.6) is 0 Å². The summed E-state index contributed by atoms with van der Waals surface area (Å²) in [5, 5.41) is 20.5. The van der Waals surface area contributed by atoms with Crippen LogP contribution < -0.4 is 5.32 Å². The van der Waals surface area contributed by atoms with Crippen LogP contribution in [-0.4, -0.2) is 30.4 Å². The van der Waals surface area contributed by atoms with Gasteiger partial charge in [0.15, 0.2) is 0 Å². The number of anilines is 1. The molecule has 0 aliphatic carbocycles. The molecule has 0 unspecified atom stereocenters. The van der Waals surface area contributed by atoms with Gasteiger partial charge in [-0.1, -0.05) is 6.92 Å². The number of amides is 1. The van der Waals surface area contributed by atoms with Crippen molar-refractivity contribution in [1.82, 2.24) is 4.90 Å². The summed E-state index contributed by atoms with van der Waals surface area (Å²) in [6, 6.07) is 10.8. The van der Waals surface area contributed by atoms with Gasteiger partial charge in [0.1, 0.15) is 13.1 Å². The Labute approximate surface area is 113 Å². The van der Waals surface area contributed by atoms with Gasteiger partial charge in [0.25, 0.3) is 5.91 Å². The third-order valence-electron chi connectivity index (χ3n) is 2.52. The van der Waals surface area contributed by atoms with Crippen LogP contribution in [0.3, 0.4) is 0 Å². The number of hydrogen-bond donors (Lipinski definition) is 1. The third-order valence-corrected chi connectivity index (χ3v) is 2.52. The van der Waals surface area contributed by atoms with Gasteiger partial charge in [0.05, 0.1) is 12.1 Å². The number of nitrogens with one attached hydrogen (secondary N) is 1. The molecule has 0 saturated carbocycles. The number of carbonyl (C=O) groups is 1. The van der Waals surface area contributed by atoms with Crippen molar-refractivity contribution in [2.75, 3.05) is 25.0 Å². The summed E-state index contributed by atoms with van der Waals surface area (Å²) in [5.74, 6) is -0.301. The van der Waals surface area contributed by atoms with Gasteiger partial charge >= 0.3 is 0 Å². The van der Waals surface area contributed by atoms with E-state index in [0.29, 0.717) is 5.56 Å². The molecule has 1 N–H and O–H groups in total. The van der Waals surface area contributed by atoms with Crippen molar-refractivity contribution in [3.8, 4) is 12.1 Å². The number of benzene rings is 1. The van der Waals surface area contributed by atoms with E-state index in [-0.39, 0.29) is 19.0 Å². The fourth-order valence-electron chi connectivity index (χ4n) is 1.55. The maximum absolute atomic E-state index is 12.1. The average molecular weight is 256 g/mol. The molecule has 0 fully saturated rings. The minimum atomic E-state index is -0.301. The monoisotopic (exact) mass is 256 g/mol. The van der Waals surface area contributed by atoms with E-state index in [1.165, 1.54) is 4.90 Å². The number of rotatable bonds is 6. The molecule has 0 aliphatic rings. The Bertz CT molecular complexity index is 480. The molecular formula is C14H16N4O. The van der Waals surface area contributed by atoms with Gasteiger partial charge in [-0.2, -0.15) is 10.5 Å². The lowest BCUT2D eigenvalue weighted by Gasteiger charge is -2.16. The van der Waals surface area contributed by atoms with Crippen LogP contribution in [0.2, 0.25) is 0 Å². The predicted octanol–water partition coefficient (Wildman–Crippen LogP) is 2.00. The van der Waals surface area contributed by atoms with Gasteiger partial charge in [-0.15, -0.1) is 0 Å². The van der Waals surface area contributed by atoms with Crippen LogP contribution in [0.25, 0.3) is 0 Å². The highest BCUT2D eigenvalue weighted by molar-refractivity contribution is 5.94. The number of nitrogens with zero attached hydrogens (tertiary/aromatic N) is 3. The van der Waals surface area contributed by atoms with E-state index in [9.17, 15) is 4.79 Å². The molecule has 0 heterocycles. The molecule has 19 heavy (non-hydrogen) atoms. The molecule has 1 aromatic rings. The lowest BCUT2D eigenvalue weighted by atomic mass is 10.1. The van der Waals surface area contributed by atoms with Crippen molar-refractivity contribution < 1.29 is 4.79 Å². The van der Waals surface area contributed by atoms with E-state index in [0.717, 1.165) is 18.7 Å². The lowest BCUT2D eigenvalue weighted by molar-refractivity contribution is 0.0795. The number of hydrogen-bond acceptors (Lipinski definition) is 4. The molecule has 1 amide bonds. The molecule has 0 atom stereocenters. The van der Waals surface area contributed by atoms with Crippen molar-refractivity contribution in [2.45, 2.75) is 13.3 Å². The lowest BCUT2D eigenvalue weighted by Crippen LogP contribution is -2.31. The normalized spacial score (nSPS) is 9.21. The van der Waals surface area contributed by atoms with Crippen LogP contribution in [0.1, 0.15) is 23.7 Å². The topological polar surface area (TPSA) is 79.9 Å². The quantitative estimate of drug-likeness (QED) is 0.789. The minimum absolute atomic E-state index is 0.0811. The van der Waals surface area contributed by atoms with E-state index in [1.807, 2.05) is 24.3 Å². The molecule has 0 radical (unpaired) electrons. The summed E-state index contributed by atoms with van der Waals surface area (Å²) in [6.07, 6.45) is 1.03. The Balaban J connectivity index is 2.76. The van der Waals surface area contributed by atoms with Gasteiger partial charge in [0.2, 0.25) is 0 Å². The summed E-state index contributed by atoms with van der Waals surface area (Å²) in [4.78, 5) is 13.3. The predicted molar refractivity (Wildman–Crippen MR) is 72.4 cm³/mol. The molecule has 1 aromatic carbocycles. The minimum Gasteiger partial charge on any atom is -0.385 e. The fourth-order valence-corrected chi connectivity index (χ4v) is 1.55. The van der Waals surface area contributed by atoms with Gasteiger partial charge in [-0.3, -0.25) is 4.79 Å². The number of nitriles is 2. The zero-order chi connectivity index (χ0) is 14.1. The summed E-state index contributed by atoms with van der Waals surface area (Å²) in [6.45, 7) is 2.79. The van der Waals surface area contributed by atoms with Crippen molar-refractivity contribution in [3.05, 3.63) is 29.8 Å². The molecule has 98 valence electrons. The van der Waals surface area contributed by atoms with Crippen LogP contribution in [0.15, 0.2) is 24.3 Å². The van der Waals surface area contributed by atoms with Crippen molar-refractivity contribution in [3.63, 3.8) is 0 Å². The van der Waals surface area contributed by atoms with E-state index in [4.69, 9.17) is 10.5 Å². The standard InChI is InChI=1S/C14H16N4O/c1-2-9-17-13-5-3-12(4-6-13)14(19)18(10-7-15)11-8-16/h3-6,17H,2,9-11H2,1H3. The summed E-state index contributed by atoms with van der Waals surface area (Å²) < 4.78 is 0. The van der Waals surface area contributed by atoms with Crippen LogP contribution in [0, 0.1) is 22.7 Å². The van der Waals surface area contributed by atoms with Crippen LogP contribution >= 0.6 is 0 Å². The van der Waals surface area contributed by atoms with Crippen LogP contribution in [0.4, 0.5) is 5.69 Å². The molecule has 0 spiro atoms. The first-order valence-corrected chi connectivity index (χ1v) is 6.10. The first kappa shape index (κ1) is 14.5. The first-order chi connectivity index (χ1) is 9.22. The van der Waals surface area contributed by atoms with E-state index < -0.39 is 0 Å². The van der Waals surface area contributed by atoms with E-state index in [1.54, 1.807) is 12.1 Å². The Hall–Kier alpha value is -2.53. The van der Waals surface area contributed by atoms with E-state index >= 15 is 0 Å². The largest absolute Gasteiger partial charge is 0.385 e. The highest BCUT2D eigenvalue weighted by Crippen LogP contribution is 2.11. The molecular weight excluding hydrogens is 240 g/mol. The second kappa shape index (κ2) is 7.73. The fraction of sp³-hybridized carbons (Fsp3) is 0.357. The first-order valence-electron chi connectivity index (χ1n) is 6.10. The molecule has 0 aromatic heterocycles. The maximum Gasteiger partial charge on any atom is 0.255 e. The van der Waals surface area contributed by atoms with Gasteiger partial charge in [-0.05, 0) is 30.7 Å². The van der Waals surface area contributed by atoms with Crippen LogP contribution in [-0.2, 0) is 0 Å². The Morgan fingerprint density at radius 1 is 1.21 bits per heavy atom.